The number of likely N-dealkylation sites (tertiary alicyclic amines) is 1. The highest BCUT2D eigenvalue weighted by Gasteiger charge is 2.31. The molecule has 102 valence electrons. The molecule has 0 aromatic carbocycles. The zero-order valence-corrected chi connectivity index (χ0v) is 11.5. The quantitative estimate of drug-likeness (QED) is 0.842. The zero-order valence-electron chi connectivity index (χ0n) is 10.7. The van der Waals surface area contributed by atoms with Crippen LogP contribution in [-0.2, 0) is 15.8 Å². The van der Waals surface area contributed by atoms with Gasteiger partial charge in [-0.1, -0.05) is 19.0 Å². The normalized spacial score (nSPS) is 25.7. The molecule has 2 heterocycles. The van der Waals surface area contributed by atoms with Gasteiger partial charge in [-0.05, 0) is 12.5 Å². The van der Waals surface area contributed by atoms with Crippen LogP contribution in [0.1, 0.15) is 19.5 Å². The van der Waals surface area contributed by atoms with E-state index in [9.17, 15) is 8.42 Å². The van der Waals surface area contributed by atoms with Crippen LogP contribution >= 0.6 is 0 Å². The molecule has 1 saturated heterocycles. The Hall–Kier alpha value is -0.920. The second kappa shape index (κ2) is 5.38. The highest BCUT2D eigenvalue weighted by atomic mass is 32.2. The van der Waals surface area contributed by atoms with E-state index in [1.807, 2.05) is 0 Å². The fourth-order valence-electron chi connectivity index (χ4n) is 2.26. The first kappa shape index (κ1) is 13.5. The summed E-state index contributed by atoms with van der Waals surface area (Å²) in [6.07, 6.45) is 1.38. The molecule has 18 heavy (non-hydrogen) atoms. The van der Waals surface area contributed by atoms with E-state index >= 15 is 0 Å². The van der Waals surface area contributed by atoms with Gasteiger partial charge in [0, 0.05) is 25.2 Å². The minimum absolute atomic E-state index is 0.0122. The summed E-state index contributed by atoms with van der Waals surface area (Å²) in [5.74, 6) is 0.204. The van der Waals surface area contributed by atoms with Gasteiger partial charge < -0.3 is 9.42 Å². The van der Waals surface area contributed by atoms with E-state index in [-0.39, 0.29) is 11.8 Å². The van der Waals surface area contributed by atoms with Gasteiger partial charge in [-0.25, -0.2) is 13.1 Å². The third kappa shape index (κ3) is 3.30. The van der Waals surface area contributed by atoms with Crippen LogP contribution in [0, 0.1) is 5.92 Å². The summed E-state index contributed by atoms with van der Waals surface area (Å²) >= 11 is 0. The summed E-state index contributed by atoms with van der Waals surface area (Å²) in [6, 6.07) is 1.55. The van der Waals surface area contributed by atoms with Crippen LogP contribution in [0.2, 0.25) is 0 Å². The molecule has 2 atom stereocenters. The van der Waals surface area contributed by atoms with Crippen LogP contribution in [-0.4, -0.2) is 44.2 Å². The molecule has 0 radical (unpaired) electrons. The molecule has 0 amide bonds. The second-order valence-electron chi connectivity index (χ2n) is 4.80. The van der Waals surface area contributed by atoms with E-state index in [0.29, 0.717) is 11.6 Å². The molecular formula is C11H19N3O3S. The van der Waals surface area contributed by atoms with Crippen molar-refractivity contribution in [1.29, 1.82) is 0 Å². The van der Waals surface area contributed by atoms with Crippen molar-refractivity contribution < 1.29 is 12.9 Å². The van der Waals surface area contributed by atoms with Crippen molar-refractivity contribution in [3.8, 4) is 0 Å². The van der Waals surface area contributed by atoms with Crippen LogP contribution in [0.4, 0.5) is 0 Å². The molecule has 0 saturated carbocycles. The first-order chi connectivity index (χ1) is 8.50. The van der Waals surface area contributed by atoms with Gasteiger partial charge in [-0.2, -0.15) is 0 Å². The van der Waals surface area contributed by atoms with Crippen molar-refractivity contribution in [3.63, 3.8) is 0 Å². The molecule has 1 aliphatic rings. The van der Waals surface area contributed by atoms with Crippen molar-refractivity contribution in [2.75, 3.05) is 19.6 Å². The molecule has 0 bridgehead atoms. The standard InChI is InChI=1S/C11H19N3O3S/c1-3-14-6-9(2)11(7-14)13-18(15,16)8-10-4-5-17-12-10/h4-5,9,11,13H,3,6-8H2,1-2H3/t9-,11-/m1/s1. The maximum absolute atomic E-state index is 12.0. The minimum atomic E-state index is -3.35. The number of nitrogens with one attached hydrogen (secondary N) is 1. The molecule has 0 aliphatic carbocycles. The fourth-order valence-corrected chi connectivity index (χ4v) is 3.65. The van der Waals surface area contributed by atoms with Gasteiger partial charge in [-0.15, -0.1) is 0 Å². The van der Waals surface area contributed by atoms with Crippen LogP contribution in [0.3, 0.4) is 0 Å². The highest BCUT2D eigenvalue weighted by molar-refractivity contribution is 7.88. The Morgan fingerprint density at radius 3 is 2.89 bits per heavy atom. The summed E-state index contributed by atoms with van der Waals surface area (Å²) in [6.45, 7) is 6.81. The molecule has 2 rings (SSSR count). The summed E-state index contributed by atoms with van der Waals surface area (Å²) in [5, 5.41) is 3.62. The molecular weight excluding hydrogens is 254 g/mol. The molecule has 0 unspecified atom stereocenters. The average Bonchev–Trinajstić information content (AvgIpc) is 2.88. The van der Waals surface area contributed by atoms with Gasteiger partial charge in [0.15, 0.2) is 0 Å². The molecule has 7 heteroatoms. The van der Waals surface area contributed by atoms with E-state index in [0.717, 1.165) is 19.6 Å². The lowest BCUT2D eigenvalue weighted by Crippen LogP contribution is -2.40. The van der Waals surface area contributed by atoms with E-state index in [4.69, 9.17) is 0 Å². The number of likely N-dealkylation sites (N-methyl/N-ethyl adjacent to an activating group) is 1. The van der Waals surface area contributed by atoms with Crippen molar-refractivity contribution in [1.82, 2.24) is 14.8 Å². The average molecular weight is 273 g/mol. The number of nitrogens with zero attached hydrogens (tertiary/aromatic N) is 2. The van der Waals surface area contributed by atoms with Crippen LogP contribution in [0.5, 0.6) is 0 Å². The van der Waals surface area contributed by atoms with Crippen LogP contribution < -0.4 is 4.72 Å². The summed E-state index contributed by atoms with van der Waals surface area (Å²) < 4.78 is 31.4. The third-order valence-electron chi connectivity index (χ3n) is 3.30. The van der Waals surface area contributed by atoms with E-state index in [1.165, 1.54) is 6.26 Å². The predicted octanol–water partition coefficient (Wildman–Crippen LogP) is 0.434. The Kier molecular flexibility index (Phi) is 4.04. The molecule has 0 spiro atoms. The largest absolute Gasteiger partial charge is 0.364 e. The van der Waals surface area contributed by atoms with Gasteiger partial charge in [0.1, 0.15) is 12.0 Å². The Bertz CT molecular complexity index is 472. The minimum Gasteiger partial charge on any atom is -0.364 e. The first-order valence-electron chi connectivity index (χ1n) is 6.12. The number of hydrogen-bond acceptors (Lipinski definition) is 5. The third-order valence-corrected chi connectivity index (χ3v) is 4.63. The Morgan fingerprint density at radius 2 is 2.33 bits per heavy atom. The summed E-state index contributed by atoms with van der Waals surface area (Å²) in [7, 11) is -3.35. The van der Waals surface area contributed by atoms with Gasteiger partial charge in [0.25, 0.3) is 0 Å². The van der Waals surface area contributed by atoms with Crippen molar-refractivity contribution in [2.45, 2.75) is 25.6 Å². The second-order valence-corrected chi connectivity index (χ2v) is 6.56. The number of rotatable bonds is 5. The smallest absolute Gasteiger partial charge is 0.217 e. The van der Waals surface area contributed by atoms with Crippen LogP contribution in [0.15, 0.2) is 16.9 Å². The number of sulfonamides is 1. The Morgan fingerprint density at radius 1 is 1.56 bits per heavy atom. The molecule has 1 fully saturated rings. The number of hydrogen-bond donors (Lipinski definition) is 1. The maximum Gasteiger partial charge on any atom is 0.217 e. The monoisotopic (exact) mass is 273 g/mol. The van der Waals surface area contributed by atoms with Gasteiger partial charge in [0.2, 0.25) is 10.0 Å². The molecule has 1 N–H and O–H groups in total. The van der Waals surface area contributed by atoms with E-state index < -0.39 is 10.0 Å². The SMILES string of the molecule is CCN1C[C@@H](C)[C@H](NS(=O)(=O)Cc2ccon2)C1. The van der Waals surface area contributed by atoms with Gasteiger partial charge >= 0.3 is 0 Å². The summed E-state index contributed by atoms with van der Waals surface area (Å²) in [5.41, 5.74) is 0.431. The zero-order chi connectivity index (χ0) is 13.2. The summed E-state index contributed by atoms with van der Waals surface area (Å²) in [4.78, 5) is 2.24. The van der Waals surface area contributed by atoms with Crippen molar-refractivity contribution in [3.05, 3.63) is 18.0 Å². The molecule has 1 aliphatic heterocycles. The molecule has 6 nitrogen and oxygen atoms in total. The van der Waals surface area contributed by atoms with E-state index in [2.05, 4.69) is 33.1 Å². The van der Waals surface area contributed by atoms with E-state index in [1.54, 1.807) is 6.07 Å². The topological polar surface area (TPSA) is 75.4 Å². The van der Waals surface area contributed by atoms with Gasteiger partial charge in [0.05, 0.1) is 5.69 Å². The lowest BCUT2D eigenvalue weighted by atomic mass is 10.1. The number of aromatic nitrogens is 1. The Labute approximate surface area is 107 Å². The lowest BCUT2D eigenvalue weighted by Gasteiger charge is -2.16. The maximum atomic E-state index is 12.0. The molecule has 1 aromatic rings. The lowest BCUT2D eigenvalue weighted by molar-refractivity contribution is 0.344. The fraction of sp³-hybridized carbons (Fsp3) is 0.727. The van der Waals surface area contributed by atoms with Crippen LogP contribution in [0.25, 0.3) is 0 Å². The van der Waals surface area contributed by atoms with Crippen molar-refractivity contribution in [2.24, 2.45) is 5.92 Å². The van der Waals surface area contributed by atoms with Gasteiger partial charge in [-0.3, -0.25) is 0 Å². The van der Waals surface area contributed by atoms with Crippen molar-refractivity contribution >= 4 is 10.0 Å². The predicted molar refractivity (Wildman–Crippen MR) is 67.3 cm³/mol. The first-order valence-corrected chi connectivity index (χ1v) is 7.77. The Balaban J connectivity index is 1.96. The highest BCUT2D eigenvalue weighted by Crippen LogP contribution is 2.17. The molecule has 1 aromatic heterocycles.